The summed E-state index contributed by atoms with van der Waals surface area (Å²) in [5.74, 6) is -0.426. The van der Waals surface area contributed by atoms with Gasteiger partial charge < -0.3 is 15.5 Å². The standard InChI is InChI=1S/C18H24N4O4S.ClH/c23-17-12-21(9-8-20-17)27(25,26)16-3-1-2-13(10-16)18(24)22-14-4-5-15(22)11-19-7-6-14;/h1-3,10,14-15,19H,4-9,11-12H2,(H,20,23);1H. The van der Waals surface area contributed by atoms with E-state index in [4.69, 9.17) is 0 Å². The Balaban J connectivity index is 0.00000225. The molecule has 2 bridgehead atoms. The summed E-state index contributed by atoms with van der Waals surface area (Å²) in [6.07, 6.45) is 2.90. The van der Waals surface area contributed by atoms with E-state index in [0.717, 1.165) is 36.7 Å². The van der Waals surface area contributed by atoms with E-state index in [0.29, 0.717) is 12.1 Å². The van der Waals surface area contributed by atoms with Crippen LogP contribution in [0.25, 0.3) is 0 Å². The van der Waals surface area contributed by atoms with E-state index >= 15 is 0 Å². The van der Waals surface area contributed by atoms with Gasteiger partial charge in [0.15, 0.2) is 0 Å². The molecule has 0 radical (unpaired) electrons. The molecule has 3 fully saturated rings. The lowest BCUT2D eigenvalue weighted by atomic mass is 10.1. The molecule has 2 atom stereocenters. The Kier molecular flexibility index (Phi) is 6.28. The first-order valence-corrected chi connectivity index (χ1v) is 10.8. The van der Waals surface area contributed by atoms with Crippen LogP contribution >= 0.6 is 12.4 Å². The van der Waals surface area contributed by atoms with Crippen LogP contribution in [0.15, 0.2) is 29.2 Å². The van der Waals surface area contributed by atoms with Crippen molar-refractivity contribution in [3.8, 4) is 0 Å². The summed E-state index contributed by atoms with van der Waals surface area (Å²) in [6.45, 7) is 2.01. The van der Waals surface area contributed by atoms with Crippen molar-refractivity contribution in [2.24, 2.45) is 0 Å². The second-order valence-electron chi connectivity index (χ2n) is 7.31. The van der Waals surface area contributed by atoms with Crippen molar-refractivity contribution < 1.29 is 18.0 Å². The van der Waals surface area contributed by atoms with Crippen LogP contribution in [0.4, 0.5) is 0 Å². The van der Waals surface area contributed by atoms with Crippen molar-refractivity contribution in [1.82, 2.24) is 19.8 Å². The maximum atomic E-state index is 13.1. The average molecular weight is 429 g/mol. The third kappa shape index (κ3) is 3.89. The van der Waals surface area contributed by atoms with Gasteiger partial charge >= 0.3 is 0 Å². The van der Waals surface area contributed by atoms with Crippen molar-refractivity contribution in [1.29, 1.82) is 0 Å². The number of benzene rings is 1. The van der Waals surface area contributed by atoms with Gasteiger partial charge in [-0.25, -0.2) is 8.42 Å². The molecule has 8 nitrogen and oxygen atoms in total. The Morgan fingerprint density at radius 3 is 2.68 bits per heavy atom. The number of carbonyl (C=O) groups is 2. The Morgan fingerprint density at radius 1 is 1.11 bits per heavy atom. The van der Waals surface area contributed by atoms with Crippen molar-refractivity contribution in [3.63, 3.8) is 0 Å². The van der Waals surface area contributed by atoms with Gasteiger partial charge in [-0.1, -0.05) is 6.07 Å². The number of piperazine rings is 1. The monoisotopic (exact) mass is 428 g/mol. The topological polar surface area (TPSA) is 98.8 Å². The molecule has 2 unspecified atom stereocenters. The number of halogens is 1. The molecule has 3 heterocycles. The van der Waals surface area contributed by atoms with Gasteiger partial charge in [0.2, 0.25) is 15.9 Å². The summed E-state index contributed by atoms with van der Waals surface area (Å²) >= 11 is 0. The molecule has 3 saturated heterocycles. The number of nitrogens with zero attached hydrogens (tertiary/aromatic N) is 2. The number of hydrogen-bond acceptors (Lipinski definition) is 5. The number of rotatable bonds is 3. The molecule has 0 spiro atoms. The Bertz CT molecular complexity index is 849. The van der Waals surface area contributed by atoms with Crippen LogP contribution in [-0.2, 0) is 14.8 Å². The fourth-order valence-corrected chi connectivity index (χ4v) is 5.67. The fourth-order valence-electron chi connectivity index (χ4n) is 4.22. The minimum absolute atomic E-state index is 0. The quantitative estimate of drug-likeness (QED) is 0.716. The highest BCUT2D eigenvalue weighted by Gasteiger charge is 2.38. The third-order valence-electron chi connectivity index (χ3n) is 5.61. The SMILES string of the molecule is Cl.O=C1CN(S(=O)(=O)c2cccc(C(=O)N3C4CCNCC3CC4)c2)CCN1. The van der Waals surface area contributed by atoms with E-state index in [1.165, 1.54) is 12.1 Å². The summed E-state index contributed by atoms with van der Waals surface area (Å²) in [5.41, 5.74) is 0.385. The largest absolute Gasteiger partial charge is 0.354 e. The summed E-state index contributed by atoms with van der Waals surface area (Å²) in [5, 5.41) is 5.98. The molecule has 28 heavy (non-hydrogen) atoms. The van der Waals surface area contributed by atoms with E-state index in [1.807, 2.05) is 4.90 Å². The van der Waals surface area contributed by atoms with Crippen molar-refractivity contribution >= 4 is 34.2 Å². The number of fused-ring (bicyclic) bond motifs is 2. The maximum Gasteiger partial charge on any atom is 0.254 e. The molecule has 154 valence electrons. The Labute approximate surface area is 171 Å². The molecular formula is C18H25ClN4O4S. The van der Waals surface area contributed by atoms with E-state index in [1.54, 1.807) is 12.1 Å². The summed E-state index contributed by atoms with van der Waals surface area (Å²) in [4.78, 5) is 26.7. The van der Waals surface area contributed by atoms with Crippen LogP contribution < -0.4 is 10.6 Å². The van der Waals surface area contributed by atoms with E-state index in [2.05, 4.69) is 10.6 Å². The molecule has 2 amide bonds. The zero-order valence-electron chi connectivity index (χ0n) is 15.5. The maximum absolute atomic E-state index is 13.1. The molecule has 10 heteroatoms. The van der Waals surface area contributed by atoms with Crippen LogP contribution in [0.1, 0.15) is 29.6 Å². The van der Waals surface area contributed by atoms with Gasteiger partial charge in [0.05, 0.1) is 11.4 Å². The predicted octanol–water partition coefficient (Wildman–Crippen LogP) is 0.195. The third-order valence-corrected chi connectivity index (χ3v) is 7.45. The molecule has 1 aromatic rings. The molecule has 3 aliphatic rings. The zero-order valence-corrected chi connectivity index (χ0v) is 17.1. The highest BCUT2D eigenvalue weighted by molar-refractivity contribution is 7.89. The Hall–Kier alpha value is -1.68. The van der Waals surface area contributed by atoms with Gasteiger partial charge in [0, 0.05) is 37.3 Å². The highest BCUT2D eigenvalue weighted by atomic mass is 35.5. The van der Waals surface area contributed by atoms with Crippen LogP contribution in [0, 0.1) is 0 Å². The highest BCUT2D eigenvalue weighted by Crippen LogP contribution is 2.30. The zero-order chi connectivity index (χ0) is 19.0. The van der Waals surface area contributed by atoms with Gasteiger partial charge in [-0.3, -0.25) is 9.59 Å². The lowest BCUT2D eigenvalue weighted by Gasteiger charge is -2.28. The number of amides is 2. The van der Waals surface area contributed by atoms with Crippen molar-refractivity contribution in [3.05, 3.63) is 29.8 Å². The summed E-state index contributed by atoms with van der Waals surface area (Å²) in [6, 6.07) is 6.57. The molecule has 2 N–H and O–H groups in total. The van der Waals surface area contributed by atoms with Gasteiger partial charge in [0.1, 0.15) is 0 Å². The normalized spacial score (nSPS) is 25.6. The van der Waals surface area contributed by atoms with Crippen LogP contribution in [-0.4, -0.2) is 74.2 Å². The first kappa shape index (κ1) is 21.0. The molecule has 0 aliphatic carbocycles. The number of sulfonamides is 1. The molecule has 1 aromatic carbocycles. The molecule has 3 aliphatic heterocycles. The molecular weight excluding hydrogens is 404 g/mol. The first-order chi connectivity index (χ1) is 13.0. The molecule has 4 rings (SSSR count). The van der Waals surface area contributed by atoms with Gasteiger partial charge in [-0.2, -0.15) is 4.31 Å². The number of nitrogens with one attached hydrogen (secondary N) is 2. The van der Waals surface area contributed by atoms with Crippen molar-refractivity contribution in [2.75, 3.05) is 32.7 Å². The van der Waals surface area contributed by atoms with E-state index < -0.39 is 10.0 Å². The van der Waals surface area contributed by atoms with Gasteiger partial charge in [-0.15, -0.1) is 12.4 Å². The lowest BCUT2D eigenvalue weighted by molar-refractivity contribution is -0.122. The number of carbonyl (C=O) groups excluding carboxylic acids is 2. The predicted molar refractivity (Wildman–Crippen MR) is 106 cm³/mol. The smallest absolute Gasteiger partial charge is 0.254 e. The Morgan fingerprint density at radius 2 is 1.89 bits per heavy atom. The van der Waals surface area contributed by atoms with Crippen molar-refractivity contribution in [2.45, 2.75) is 36.2 Å². The van der Waals surface area contributed by atoms with E-state index in [9.17, 15) is 18.0 Å². The van der Waals surface area contributed by atoms with E-state index in [-0.39, 0.29) is 54.3 Å². The van der Waals surface area contributed by atoms with Gasteiger partial charge in [-0.05, 0) is 44.0 Å². The second kappa shape index (κ2) is 8.36. The molecule has 0 aromatic heterocycles. The first-order valence-electron chi connectivity index (χ1n) is 9.37. The summed E-state index contributed by atoms with van der Waals surface area (Å²) < 4.78 is 26.9. The molecule has 0 saturated carbocycles. The van der Waals surface area contributed by atoms with Crippen LogP contribution in [0.2, 0.25) is 0 Å². The van der Waals surface area contributed by atoms with Gasteiger partial charge in [0.25, 0.3) is 5.91 Å². The minimum Gasteiger partial charge on any atom is -0.354 e. The second-order valence-corrected chi connectivity index (χ2v) is 9.24. The minimum atomic E-state index is -3.81. The number of hydrogen-bond donors (Lipinski definition) is 2. The average Bonchev–Trinajstić information content (AvgIpc) is 2.94. The van der Waals surface area contributed by atoms with Crippen LogP contribution in [0.5, 0.6) is 0 Å². The van der Waals surface area contributed by atoms with Crippen LogP contribution in [0.3, 0.4) is 0 Å². The fraction of sp³-hybridized carbons (Fsp3) is 0.556. The lowest BCUT2D eigenvalue weighted by Crippen LogP contribution is -2.49. The summed E-state index contributed by atoms with van der Waals surface area (Å²) in [7, 11) is -3.81.